The van der Waals surface area contributed by atoms with Crippen molar-refractivity contribution in [3.63, 3.8) is 0 Å². The molecule has 0 spiro atoms. The Balaban J connectivity index is 1.77. The molecule has 0 radical (unpaired) electrons. The number of likely N-dealkylation sites (N-methyl/N-ethyl adjacent to an activating group) is 1. The Morgan fingerprint density at radius 2 is 1.80 bits per heavy atom. The number of quaternary nitrogens is 1. The van der Waals surface area contributed by atoms with Gasteiger partial charge in [0.25, 0.3) is 18.8 Å². The number of nitrogens with zero attached hydrogens (tertiary/aromatic N) is 3. The van der Waals surface area contributed by atoms with Gasteiger partial charge in [-0.15, -0.1) is 4.37 Å². The molecule has 0 saturated heterocycles. The summed E-state index contributed by atoms with van der Waals surface area (Å²) in [6, 6.07) is 0. The van der Waals surface area contributed by atoms with Crippen LogP contribution in [0.15, 0.2) is 6.08 Å². The number of carbonyl (C=O) groups is 4. The molecule has 1 aromatic rings. The highest BCUT2D eigenvalue weighted by Gasteiger charge is 2.37. The molecule has 0 fully saturated rings. The number of aromatic nitrogens is 2. The van der Waals surface area contributed by atoms with E-state index in [9.17, 15) is 19.2 Å². The van der Waals surface area contributed by atoms with Gasteiger partial charge in [-0.25, -0.2) is 4.79 Å². The van der Waals surface area contributed by atoms with Gasteiger partial charge in [-0.3, -0.25) is 18.9 Å². The number of hydrogen-bond donors (Lipinski definition) is 0. The third kappa shape index (κ3) is 11.5. The van der Waals surface area contributed by atoms with Crippen molar-refractivity contribution in [1.82, 2.24) is 8.75 Å². The minimum absolute atomic E-state index is 0.0562. The smallest absolute Gasteiger partial charge is 0.475 e. The average molecular weight is 587 g/mol. The van der Waals surface area contributed by atoms with Gasteiger partial charge in [0, 0.05) is 25.3 Å². The lowest BCUT2D eigenvalue weighted by Gasteiger charge is -2.41. The summed E-state index contributed by atoms with van der Waals surface area (Å²) in [6.07, 6.45) is 5.22. The van der Waals surface area contributed by atoms with Crippen molar-refractivity contribution in [2.24, 2.45) is 0 Å². The van der Waals surface area contributed by atoms with Crippen molar-refractivity contribution in [2.75, 3.05) is 46.6 Å². The van der Waals surface area contributed by atoms with E-state index in [0.29, 0.717) is 23.5 Å². The van der Waals surface area contributed by atoms with Crippen LogP contribution in [0, 0.1) is 0 Å². The zero-order valence-corrected chi connectivity index (χ0v) is 24.2. The molecule has 2 atom stereocenters. The van der Waals surface area contributed by atoms with E-state index >= 15 is 0 Å². The van der Waals surface area contributed by atoms with Crippen molar-refractivity contribution in [3.8, 4) is 5.88 Å². The van der Waals surface area contributed by atoms with E-state index in [0.717, 1.165) is 55.2 Å². The number of unbranched alkanes of at least 4 members (excludes halogenated alkanes) is 3. The van der Waals surface area contributed by atoms with Crippen LogP contribution in [-0.2, 0) is 38.1 Å². The fourth-order valence-corrected chi connectivity index (χ4v) is 4.58. The maximum atomic E-state index is 12.3. The van der Waals surface area contributed by atoms with Crippen LogP contribution in [0.1, 0.15) is 64.5 Å². The first-order chi connectivity index (χ1) is 19.3. The third-order valence-corrected chi connectivity index (χ3v) is 6.96. The number of rotatable bonds is 20. The molecule has 40 heavy (non-hydrogen) atoms. The molecule has 1 aliphatic rings. The van der Waals surface area contributed by atoms with Crippen LogP contribution in [0.25, 0.3) is 5.57 Å². The quantitative estimate of drug-likeness (QED) is 0.0725. The van der Waals surface area contributed by atoms with Gasteiger partial charge in [-0.2, -0.15) is 4.37 Å². The molecule has 0 aliphatic carbocycles. The highest BCUT2D eigenvalue weighted by atomic mass is 32.1. The van der Waals surface area contributed by atoms with E-state index < -0.39 is 24.5 Å². The molecule has 0 saturated carbocycles. The molecule has 224 valence electrons. The standard InChI is InChI=1S/C26H40N3O10S/c1-4-5-6-7-13-36-25-24(27-40-28-25)21-10-8-12-29(3,15-21)20(2)38-26(33)37-14-9-11-23(32)39-22(16-34-18-30)17-35-19-31/h10,18-20,22H,4-9,11-17H2,1-3H3/q+1. The van der Waals surface area contributed by atoms with Gasteiger partial charge in [0.1, 0.15) is 25.5 Å². The maximum absolute atomic E-state index is 12.3. The van der Waals surface area contributed by atoms with Gasteiger partial charge in [-0.1, -0.05) is 32.3 Å². The molecule has 1 aromatic heterocycles. The average Bonchev–Trinajstić information content (AvgIpc) is 3.41. The van der Waals surface area contributed by atoms with E-state index in [1.165, 1.54) is 6.42 Å². The van der Waals surface area contributed by atoms with Crippen molar-refractivity contribution in [1.29, 1.82) is 0 Å². The van der Waals surface area contributed by atoms with Crippen LogP contribution in [0.3, 0.4) is 0 Å². The van der Waals surface area contributed by atoms with Gasteiger partial charge in [0.2, 0.25) is 6.23 Å². The second-order valence-electron chi connectivity index (χ2n) is 9.60. The van der Waals surface area contributed by atoms with Crippen LogP contribution >= 0.6 is 11.7 Å². The highest BCUT2D eigenvalue weighted by molar-refractivity contribution is 6.99. The minimum Gasteiger partial charge on any atom is -0.475 e. The molecule has 1 aliphatic heterocycles. The third-order valence-electron chi connectivity index (χ3n) is 6.45. The van der Waals surface area contributed by atoms with E-state index in [2.05, 4.69) is 31.2 Å². The van der Waals surface area contributed by atoms with E-state index in [4.69, 9.17) is 18.9 Å². The lowest BCUT2D eigenvalue weighted by atomic mass is 10.0. The molecule has 2 rings (SSSR count). The van der Waals surface area contributed by atoms with Crippen LogP contribution in [0.5, 0.6) is 5.88 Å². The number of carbonyl (C=O) groups excluding carboxylic acids is 4. The summed E-state index contributed by atoms with van der Waals surface area (Å²) in [7, 11) is 2.01. The lowest BCUT2D eigenvalue weighted by Crippen LogP contribution is -2.55. The predicted molar refractivity (Wildman–Crippen MR) is 143 cm³/mol. The summed E-state index contributed by atoms with van der Waals surface area (Å²) in [5.41, 5.74) is 1.74. The first kappa shape index (κ1) is 32.9. The fourth-order valence-electron chi connectivity index (χ4n) is 4.04. The maximum Gasteiger partial charge on any atom is 0.512 e. The summed E-state index contributed by atoms with van der Waals surface area (Å²) in [5.74, 6) is -0.0718. The summed E-state index contributed by atoms with van der Waals surface area (Å²) in [4.78, 5) is 45.0. The Bertz CT molecular complexity index is 960. The number of ether oxygens (including phenoxy) is 6. The summed E-state index contributed by atoms with van der Waals surface area (Å²) < 4.78 is 40.0. The van der Waals surface area contributed by atoms with Gasteiger partial charge in [0.05, 0.1) is 38.5 Å². The second-order valence-corrected chi connectivity index (χ2v) is 10.1. The summed E-state index contributed by atoms with van der Waals surface area (Å²) in [6.45, 7) is 5.78. The number of esters is 1. The minimum atomic E-state index is -0.920. The van der Waals surface area contributed by atoms with E-state index in [1.54, 1.807) is 0 Å². The molecule has 0 N–H and O–H groups in total. The van der Waals surface area contributed by atoms with Crippen LogP contribution < -0.4 is 4.74 Å². The summed E-state index contributed by atoms with van der Waals surface area (Å²) >= 11 is 1.12. The SMILES string of the molecule is CCCCCCOc1nsnc1C1=CCC[N+](C)(C(C)OC(=O)OCCCC(=O)OC(COC=O)COC=O)C1. The second kappa shape index (κ2) is 18.2. The first-order valence-corrected chi connectivity index (χ1v) is 14.2. The molecule has 0 amide bonds. The van der Waals surface area contributed by atoms with Crippen LogP contribution in [-0.4, -0.2) is 97.2 Å². The van der Waals surface area contributed by atoms with Gasteiger partial charge in [-0.05, 0) is 12.8 Å². The molecular weight excluding hydrogens is 546 g/mol. The largest absolute Gasteiger partial charge is 0.512 e. The summed E-state index contributed by atoms with van der Waals surface area (Å²) in [5, 5.41) is 0. The van der Waals surface area contributed by atoms with Crippen LogP contribution in [0.4, 0.5) is 4.79 Å². The van der Waals surface area contributed by atoms with Gasteiger partial charge in [0.15, 0.2) is 6.10 Å². The molecule has 14 heteroatoms. The van der Waals surface area contributed by atoms with Crippen molar-refractivity contribution >= 4 is 42.4 Å². The normalized spacial score (nSPS) is 17.4. The molecule has 2 unspecified atom stereocenters. The Morgan fingerprint density at radius 1 is 1.05 bits per heavy atom. The topological polar surface area (TPSA) is 149 Å². The van der Waals surface area contributed by atoms with Crippen molar-refractivity contribution < 1.29 is 52.1 Å². The van der Waals surface area contributed by atoms with Gasteiger partial charge < -0.3 is 28.4 Å². The molecule has 0 bridgehead atoms. The predicted octanol–water partition coefficient (Wildman–Crippen LogP) is 3.27. The fraction of sp³-hybridized carbons (Fsp3) is 0.692. The van der Waals surface area contributed by atoms with Crippen molar-refractivity contribution in [3.05, 3.63) is 11.8 Å². The monoisotopic (exact) mass is 586 g/mol. The van der Waals surface area contributed by atoms with Crippen molar-refractivity contribution in [2.45, 2.75) is 71.1 Å². The molecule has 0 aromatic carbocycles. The van der Waals surface area contributed by atoms with Gasteiger partial charge >= 0.3 is 12.1 Å². The zero-order chi connectivity index (χ0) is 29.2. The Hall–Kier alpha value is -3.26. The van der Waals surface area contributed by atoms with E-state index in [1.807, 2.05) is 14.0 Å². The first-order valence-electron chi connectivity index (χ1n) is 13.4. The van der Waals surface area contributed by atoms with E-state index in [-0.39, 0.29) is 45.6 Å². The zero-order valence-electron chi connectivity index (χ0n) is 23.4. The Kier molecular flexibility index (Phi) is 15.0. The number of hydrogen-bond acceptors (Lipinski definition) is 13. The lowest BCUT2D eigenvalue weighted by molar-refractivity contribution is -0.944. The molecule has 13 nitrogen and oxygen atoms in total. The molecule has 2 heterocycles. The Labute approximate surface area is 238 Å². The van der Waals surface area contributed by atoms with Crippen LogP contribution in [0.2, 0.25) is 0 Å². The Morgan fingerprint density at radius 3 is 2.50 bits per heavy atom. The molecular formula is C26H40N3O10S+. The highest BCUT2D eigenvalue weighted by Crippen LogP contribution is 2.31.